The number of fused-ring (bicyclic) bond motifs is 1. The van der Waals surface area contributed by atoms with Gasteiger partial charge in [0.15, 0.2) is 0 Å². The number of nitrogens with zero attached hydrogens (tertiary/aromatic N) is 2. The molecule has 13 heavy (non-hydrogen) atoms. The first kappa shape index (κ1) is 8.04. The predicted molar refractivity (Wildman–Crippen MR) is 54.8 cm³/mol. The Morgan fingerprint density at radius 2 is 2.15 bits per heavy atom. The Labute approximate surface area is 86.5 Å². The van der Waals surface area contributed by atoms with Crippen LogP contribution in [0.2, 0.25) is 0 Å². The van der Waals surface area contributed by atoms with Crippen LogP contribution in [0.25, 0.3) is 0 Å². The first-order valence-electron chi connectivity index (χ1n) is 5.11. The highest BCUT2D eigenvalue weighted by molar-refractivity contribution is 9.10. The van der Waals surface area contributed by atoms with E-state index < -0.39 is 0 Å². The van der Waals surface area contributed by atoms with E-state index in [0.717, 1.165) is 12.5 Å². The summed E-state index contributed by atoms with van der Waals surface area (Å²) in [6, 6.07) is 0. The van der Waals surface area contributed by atoms with Gasteiger partial charge >= 0.3 is 0 Å². The van der Waals surface area contributed by atoms with Gasteiger partial charge in [-0.2, -0.15) is 0 Å². The van der Waals surface area contributed by atoms with Crippen molar-refractivity contribution in [2.75, 3.05) is 0 Å². The van der Waals surface area contributed by atoms with Crippen LogP contribution in [0.15, 0.2) is 4.60 Å². The Balaban J connectivity index is 2.06. The van der Waals surface area contributed by atoms with Gasteiger partial charge in [-0.25, -0.2) is 4.98 Å². The van der Waals surface area contributed by atoms with Crippen LogP contribution in [0.1, 0.15) is 43.1 Å². The normalized spacial score (nSPS) is 21.6. The van der Waals surface area contributed by atoms with Crippen LogP contribution < -0.4 is 0 Å². The zero-order valence-corrected chi connectivity index (χ0v) is 9.18. The maximum atomic E-state index is 4.73. The summed E-state index contributed by atoms with van der Waals surface area (Å²) >= 11 is 3.68. The van der Waals surface area contributed by atoms with Crippen LogP contribution in [0.5, 0.6) is 0 Å². The summed E-state index contributed by atoms with van der Waals surface area (Å²) in [6.07, 6.45) is 6.48. The van der Waals surface area contributed by atoms with E-state index in [4.69, 9.17) is 4.98 Å². The van der Waals surface area contributed by atoms with Crippen LogP contribution in [0.4, 0.5) is 0 Å². The van der Waals surface area contributed by atoms with E-state index in [-0.39, 0.29) is 0 Å². The highest BCUT2D eigenvalue weighted by Gasteiger charge is 2.30. The molecule has 1 fully saturated rings. The van der Waals surface area contributed by atoms with Crippen LogP contribution in [-0.2, 0) is 13.0 Å². The zero-order valence-electron chi connectivity index (χ0n) is 7.59. The molecule has 0 spiro atoms. The van der Waals surface area contributed by atoms with Gasteiger partial charge in [-0.15, -0.1) is 0 Å². The van der Waals surface area contributed by atoms with Crippen molar-refractivity contribution in [1.82, 2.24) is 9.55 Å². The molecular weight excluding hydrogens is 228 g/mol. The van der Waals surface area contributed by atoms with Crippen molar-refractivity contribution in [2.45, 2.75) is 44.6 Å². The van der Waals surface area contributed by atoms with Crippen molar-refractivity contribution < 1.29 is 0 Å². The minimum Gasteiger partial charge on any atom is -0.323 e. The highest BCUT2D eigenvalue weighted by atomic mass is 79.9. The fourth-order valence-corrected chi connectivity index (χ4v) is 2.88. The smallest absolute Gasteiger partial charge is 0.109 e. The number of hydrogen-bond acceptors (Lipinski definition) is 1. The third-order valence-corrected chi connectivity index (χ3v) is 3.84. The van der Waals surface area contributed by atoms with Crippen molar-refractivity contribution in [3.8, 4) is 0 Å². The summed E-state index contributed by atoms with van der Waals surface area (Å²) in [7, 11) is 0. The van der Waals surface area contributed by atoms with Gasteiger partial charge in [-0.05, 0) is 41.6 Å². The third kappa shape index (κ3) is 1.25. The summed E-state index contributed by atoms with van der Waals surface area (Å²) < 4.78 is 3.63. The van der Waals surface area contributed by atoms with E-state index in [1.807, 2.05) is 0 Å². The van der Waals surface area contributed by atoms with Crippen LogP contribution in [-0.4, -0.2) is 9.55 Å². The molecule has 0 radical (unpaired) electrons. The van der Waals surface area contributed by atoms with Gasteiger partial charge in [0.05, 0.1) is 5.69 Å². The lowest BCUT2D eigenvalue weighted by Crippen LogP contribution is -2.10. The van der Waals surface area contributed by atoms with Crippen LogP contribution in [0, 0.1) is 0 Å². The van der Waals surface area contributed by atoms with Gasteiger partial charge in [0.2, 0.25) is 0 Å². The number of rotatable bonds is 1. The Bertz CT molecular complexity index is 339. The van der Waals surface area contributed by atoms with E-state index in [2.05, 4.69) is 20.5 Å². The molecule has 0 aromatic carbocycles. The van der Waals surface area contributed by atoms with E-state index >= 15 is 0 Å². The SMILES string of the molecule is Brc1c(C2CC2)nc2n1CCCC2. The molecular formula is C10H13BrN2. The van der Waals surface area contributed by atoms with Gasteiger partial charge in [-0.3, -0.25) is 0 Å². The van der Waals surface area contributed by atoms with Gasteiger partial charge in [0, 0.05) is 18.9 Å². The summed E-state index contributed by atoms with van der Waals surface area (Å²) in [5.41, 5.74) is 1.33. The molecule has 0 saturated heterocycles. The number of hydrogen-bond donors (Lipinski definition) is 0. The first-order chi connectivity index (χ1) is 6.36. The topological polar surface area (TPSA) is 17.8 Å². The second-order valence-electron chi connectivity index (χ2n) is 4.09. The third-order valence-electron chi connectivity index (χ3n) is 3.01. The lowest BCUT2D eigenvalue weighted by molar-refractivity contribution is 0.516. The molecule has 0 bridgehead atoms. The van der Waals surface area contributed by atoms with Gasteiger partial charge < -0.3 is 4.57 Å². The second-order valence-corrected chi connectivity index (χ2v) is 4.84. The summed E-state index contributed by atoms with van der Waals surface area (Å²) in [6.45, 7) is 1.16. The lowest BCUT2D eigenvalue weighted by atomic mass is 10.2. The maximum Gasteiger partial charge on any atom is 0.109 e. The average molecular weight is 241 g/mol. The number of imidazole rings is 1. The standard InChI is InChI=1S/C10H13BrN2/c11-10-9(7-4-5-7)12-8-3-1-2-6-13(8)10/h7H,1-6H2. The molecule has 2 aliphatic rings. The Morgan fingerprint density at radius 1 is 1.31 bits per heavy atom. The Kier molecular flexibility index (Phi) is 1.76. The molecule has 1 aromatic heterocycles. The van der Waals surface area contributed by atoms with Crippen molar-refractivity contribution in [1.29, 1.82) is 0 Å². The Morgan fingerprint density at radius 3 is 2.85 bits per heavy atom. The summed E-state index contributed by atoms with van der Waals surface area (Å²) in [5, 5.41) is 0. The van der Waals surface area contributed by atoms with E-state index in [0.29, 0.717) is 0 Å². The van der Waals surface area contributed by atoms with E-state index in [1.165, 1.54) is 48.2 Å². The summed E-state index contributed by atoms with van der Waals surface area (Å²) in [5.74, 6) is 2.08. The quantitative estimate of drug-likeness (QED) is 0.739. The van der Waals surface area contributed by atoms with Crippen molar-refractivity contribution in [2.24, 2.45) is 0 Å². The minimum atomic E-state index is 0.771. The van der Waals surface area contributed by atoms with E-state index in [1.54, 1.807) is 0 Å². The molecule has 70 valence electrons. The monoisotopic (exact) mass is 240 g/mol. The molecule has 1 aliphatic carbocycles. The lowest BCUT2D eigenvalue weighted by Gasteiger charge is -2.13. The number of halogens is 1. The first-order valence-corrected chi connectivity index (χ1v) is 5.90. The largest absolute Gasteiger partial charge is 0.323 e. The number of aryl methyl sites for hydroxylation is 1. The molecule has 0 N–H and O–H groups in total. The zero-order chi connectivity index (χ0) is 8.84. The fourth-order valence-electron chi connectivity index (χ4n) is 2.08. The molecule has 3 heteroatoms. The van der Waals surface area contributed by atoms with Crippen molar-refractivity contribution in [3.05, 3.63) is 16.1 Å². The summed E-state index contributed by atoms with van der Waals surface area (Å²) in [4.78, 5) is 4.73. The fraction of sp³-hybridized carbons (Fsp3) is 0.700. The maximum absolute atomic E-state index is 4.73. The van der Waals surface area contributed by atoms with Crippen molar-refractivity contribution in [3.63, 3.8) is 0 Å². The molecule has 0 atom stereocenters. The molecule has 1 saturated carbocycles. The van der Waals surface area contributed by atoms with Crippen LogP contribution >= 0.6 is 15.9 Å². The highest BCUT2D eigenvalue weighted by Crippen LogP contribution is 2.43. The van der Waals surface area contributed by atoms with Gasteiger partial charge in [0.1, 0.15) is 10.4 Å². The predicted octanol–water partition coefficient (Wildman–Crippen LogP) is 2.86. The molecule has 1 aromatic rings. The van der Waals surface area contributed by atoms with Gasteiger partial charge in [0.25, 0.3) is 0 Å². The molecule has 1 aliphatic heterocycles. The average Bonchev–Trinajstić information content (AvgIpc) is 2.94. The van der Waals surface area contributed by atoms with Gasteiger partial charge in [-0.1, -0.05) is 0 Å². The molecule has 0 amide bonds. The van der Waals surface area contributed by atoms with Crippen molar-refractivity contribution >= 4 is 15.9 Å². The molecule has 0 unspecified atom stereocenters. The van der Waals surface area contributed by atoms with Crippen LogP contribution in [0.3, 0.4) is 0 Å². The second kappa shape index (κ2) is 2.84. The minimum absolute atomic E-state index is 0.771. The Hall–Kier alpha value is -0.310. The molecule has 3 rings (SSSR count). The molecule has 2 heterocycles. The molecule has 2 nitrogen and oxygen atoms in total. The number of aromatic nitrogens is 2. The van der Waals surface area contributed by atoms with E-state index in [9.17, 15) is 0 Å².